The molecule has 0 spiro atoms. The van der Waals surface area contributed by atoms with Gasteiger partial charge in [-0.2, -0.15) is 0 Å². The zero-order valence-electron chi connectivity index (χ0n) is 16.0. The molecule has 156 valence electrons. The van der Waals surface area contributed by atoms with Crippen molar-refractivity contribution in [1.29, 1.82) is 0 Å². The number of ether oxygens (including phenoxy) is 1. The molecule has 3 aromatic rings. The number of rotatable bonds is 6. The van der Waals surface area contributed by atoms with Gasteiger partial charge in [0.05, 0.1) is 28.5 Å². The molecule has 2 aromatic heterocycles. The van der Waals surface area contributed by atoms with Crippen molar-refractivity contribution >= 4 is 21.9 Å². The van der Waals surface area contributed by atoms with Gasteiger partial charge in [-0.1, -0.05) is 0 Å². The van der Waals surface area contributed by atoms with Crippen LogP contribution in [0.25, 0.3) is 11.3 Å². The summed E-state index contributed by atoms with van der Waals surface area (Å²) in [5.41, 5.74) is 0.816. The molecule has 1 aliphatic rings. The van der Waals surface area contributed by atoms with Crippen LogP contribution in [-0.4, -0.2) is 28.6 Å². The molecular weight excluding hydrogens is 461 g/mol. The molecule has 1 fully saturated rings. The molecule has 2 heterocycles. The lowest BCUT2D eigenvalue weighted by Crippen LogP contribution is -2.29. The standard InChI is InChI=1S/C21H18BrF3N4O/c1-30-20-13(22)2-3-14(23)17(20)16-5-7-27-21(29-16)28-10-11-8-12(9-11)19-18(25)15(24)4-6-26-19/h2-7,11-12H,8-10H2,1H3,(H,27,28,29). The number of methoxy groups -OCH3 is 1. The van der Waals surface area contributed by atoms with Crippen LogP contribution in [0.1, 0.15) is 24.5 Å². The molecule has 0 atom stereocenters. The fraction of sp³-hybridized carbons (Fsp3) is 0.286. The summed E-state index contributed by atoms with van der Waals surface area (Å²) in [6, 6.07) is 5.53. The van der Waals surface area contributed by atoms with E-state index in [-0.39, 0.29) is 23.1 Å². The first-order valence-electron chi connectivity index (χ1n) is 9.37. The van der Waals surface area contributed by atoms with E-state index in [1.807, 2.05) is 0 Å². The van der Waals surface area contributed by atoms with E-state index in [2.05, 4.69) is 36.2 Å². The van der Waals surface area contributed by atoms with Crippen LogP contribution in [0, 0.1) is 23.4 Å². The third kappa shape index (κ3) is 3.98. The second-order valence-electron chi connectivity index (χ2n) is 7.11. The van der Waals surface area contributed by atoms with Gasteiger partial charge in [0.15, 0.2) is 11.6 Å². The highest BCUT2D eigenvalue weighted by Gasteiger charge is 2.33. The zero-order chi connectivity index (χ0) is 21.3. The molecule has 5 nitrogen and oxygen atoms in total. The Bertz CT molecular complexity index is 1080. The van der Waals surface area contributed by atoms with Gasteiger partial charge >= 0.3 is 0 Å². The number of hydrogen-bond donors (Lipinski definition) is 1. The number of anilines is 1. The molecule has 30 heavy (non-hydrogen) atoms. The predicted molar refractivity (Wildman–Crippen MR) is 110 cm³/mol. The summed E-state index contributed by atoms with van der Waals surface area (Å²) in [7, 11) is 1.46. The van der Waals surface area contributed by atoms with Crippen molar-refractivity contribution in [2.24, 2.45) is 5.92 Å². The summed E-state index contributed by atoms with van der Waals surface area (Å²) >= 11 is 3.35. The maximum absolute atomic E-state index is 14.4. The maximum Gasteiger partial charge on any atom is 0.223 e. The minimum absolute atomic E-state index is 0.0974. The van der Waals surface area contributed by atoms with Crippen LogP contribution >= 0.6 is 15.9 Å². The molecule has 1 aliphatic carbocycles. The highest BCUT2D eigenvalue weighted by molar-refractivity contribution is 9.10. The zero-order valence-corrected chi connectivity index (χ0v) is 17.6. The van der Waals surface area contributed by atoms with Crippen molar-refractivity contribution in [2.75, 3.05) is 19.0 Å². The predicted octanol–water partition coefficient (Wildman–Crippen LogP) is 5.33. The second-order valence-corrected chi connectivity index (χ2v) is 7.96. The molecular formula is C21H18BrF3N4O. The lowest BCUT2D eigenvalue weighted by molar-refractivity contribution is 0.264. The number of nitrogens with one attached hydrogen (secondary N) is 1. The van der Waals surface area contributed by atoms with Crippen LogP contribution < -0.4 is 10.1 Å². The van der Waals surface area contributed by atoms with E-state index < -0.39 is 17.5 Å². The Morgan fingerprint density at radius 2 is 1.83 bits per heavy atom. The van der Waals surface area contributed by atoms with Crippen molar-refractivity contribution in [3.05, 3.63) is 64.3 Å². The Morgan fingerprint density at radius 1 is 1.07 bits per heavy atom. The average Bonchev–Trinajstić information content (AvgIpc) is 2.71. The first-order chi connectivity index (χ1) is 14.5. The Hall–Kier alpha value is -2.68. The number of nitrogens with zero attached hydrogens (tertiary/aromatic N) is 3. The van der Waals surface area contributed by atoms with E-state index in [9.17, 15) is 13.2 Å². The molecule has 0 saturated heterocycles. The van der Waals surface area contributed by atoms with Crippen LogP contribution in [0.2, 0.25) is 0 Å². The first-order valence-corrected chi connectivity index (χ1v) is 10.2. The van der Waals surface area contributed by atoms with E-state index in [1.165, 1.54) is 19.4 Å². The molecule has 1 saturated carbocycles. The molecule has 9 heteroatoms. The fourth-order valence-electron chi connectivity index (χ4n) is 3.64. The van der Waals surface area contributed by atoms with E-state index in [0.29, 0.717) is 41.3 Å². The maximum atomic E-state index is 14.4. The highest BCUT2D eigenvalue weighted by atomic mass is 79.9. The lowest BCUT2D eigenvalue weighted by Gasteiger charge is -2.35. The molecule has 0 aliphatic heterocycles. The van der Waals surface area contributed by atoms with Crippen LogP contribution in [0.5, 0.6) is 5.75 Å². The first kappa shape index (κ1) is 20.6. The minimum atomic E-state index is -0.873. The van der Waals surface area contributed by atoms with E-state index in [1.54, 1.807) is 18.3 Å². The van der Waals surface area contributed by atoms with Crippen LogP contribution in [-0.2, 0) is 0 Å². The number of pyridine rings is 1. The average molecular weight is 479 g/mol. The second kappa shape index (κ2) is 8.59. The Kier molecular flexibility index (Phi) is 5.90. The molecule has 1 aromatic carbocycles. The van der Waals surface area contributed by atoms with Gasteiger partial charge in [-0.15, -0.1) is 0 Å². The molecule has 0 amide bonds. The van der Waals surface area contributed by atoms with Crippen molar-refractivity contribution < 1.29 is 17.9 Å². The van der Waals surface area contributed by atoms with Crippen molar-refractivity contribution in [3.8, 4) is 17.0 Å². The molecule has 0 radical (unpaired) electrons. The molecule has 0 bridgehead atoms. The summed E-state index contributed by atoms with van der Waals surface area (Å²) in [5, 5.41) is 3.14. The number of halogens is 4. The van der Waals surface area contributed by atoms with Gasteiger partial charge in [0.2, 0.25) is 5.95 Å². The van der Waals surface area contributed by atoms with Crippen LogP contribution in [0.3, 0.4) is 0 Å². The van der Waals surface area contributed by atoms with Gasteiger partial charge in [0, 0.05) is 24.9 Å². The summed E-state index contributed by atoms with van der Waals surface area (Å²) < 4.78 is 47.6. The molecule has 4 rings (SSSR count). The van der Waals surface area contributed by atoms with Gasteiger partial charge in [-0.25, -0.2) is 23.1 Å². The normalized spacial score (nSPS) is 18.0. The Labute approximate surface area is 179 Å². The molecule has 0 unspecified atom stereocenters. The summed E-state index contributed by atoms with van der Waals surface area (Å²) in [5.74, 6) is -1.33. The third-order valence-corrected chi connectivity index (χ3v) is 5.84. The summed E-state index contributed by atoms with van der Waals surface area (Å²) in [4.78, 5) is 12.6. The van der Waals surface area contributed by atoms with Crippen molar-refractivity contribution in [1.82, 2.24) is 15.0 Å². The van der Waals surface area contributed by atoms with Crippen molar-refractivity contribution in [2.45, 2.75) is 18.8 Å². The quantitative estimate of drug-likeness (QED) is 0.518. The number of benzene rings is 1. The minimum Gasteiger partial charge on any atom is -0.495 e. The fourth-order valence-corrected chi connectivity index (χ4v) is 4.13. The van der Waals surface area contributed by atoms with Gasteiger partial charge in [-0.05, 0) is 59.0 Å². The Balaban J connectivity index is 1.42. The van der Waals surface area contributed by atoms with Gasteiger partial charge in [0.1, 0.15) is 11.6 Å². The van der Waals surface area contributed by atoms with E-state index in [0.717, 1.165) is 6.07 Å². The molecule has 1 N–H and O–H groups in total. The SMILES string of the molecule is COc1c(Br)ccc(F)c1-c1ccnc(NCC2CC(c3nccc(F)c3F)C2)n1. The summed E-state index contributed by atoms with van der Waals surface area (Å²) in [6.45, 7) is 0.564. The third-order valence-electron chi connectivity index (χ3n) is 5.21. The van der Waals surface area contributed by atoms with Gasteiger partial charge in [-0.3, -0.25) is 4.98 Å². The van der Waals surface area contributed by atoms with E-state index in [4.69, 9.17) is 4.74 Å². The van der Waals surface area contributed by atoms with E-state index >= 15 is 0 Å². The monoisotopic (exact) mass is 478 g/mol. The summed E-state index contributed by atoms with van der Waals surface area (Å²) in [6.07, 6.45) is 4.20. The highest BCUT2D eigenvalue weighted by Crippen LogP contribution is 2.42. The lowest BCUT2D eigenvalue weighted by atomic mass is 9.73. The van der Waals surface area contributed by atoms with Gasteiger partial charge in [0.25, 0.3) is 0 Å². The number of hydrogen-bond acceptors (Lipinski definition) is 5. The Morgan fingerprint density at radius 3 is 2.60 bits per heavy atom. The topological polar surface area (TPSA) is 59.9 Å². The van der Waals surface area contributed by atoms with Gasteiger partial charge < -0.3 is 10.1 Å². The largest absolute Gasteiger partial charge is 0.495 e. The van der Waals surface area contributed by atoms with Crippen LogP contribution in [0.15, 0.2) is 41.1 Å². The smallest absolute Gasteiger partial charge is 0.223 e. The number of aromatic nitrogens is 3. The van der Waals surface area contributed by atoms with Crippen LogP contribution in [0.4, 0.5) is 19.1 Å². The van der Waals surface area contributed by atoms with Crippen molar-refractivity contribution in [3.63, 3.8) is 0 Å².